The van der Waals surface area contributed by atoms with Gasteiger partial charge in [-0.3, -0.25) is 4.79 Å². The van der Waals surface area contributed by atoms with Crippen LogP contribution in [0.3, 0.4) is 0 Å². The van der Waals surface area contributed by atoms with E-state index in [1.807, 2.05) is 0 Å². The second-order valence-corrected chi connectivity index (χ2v) is 4.89. The van der Waals surface area contributed by atoms with Crippen molar-refractivity contribution in [2.24, 2.45) is 0 Å². The molecular formula is C7H5IO3S. The first kappa shape index (κ1) is 9.66. The normalized spacial score (nSPS) is 9.50. The summed E-state index contributed by atoms with van der Waals surface area (Å²) >= 11 is 3.30. The molecule has 1 aromatic heterocycles. The summed E-state index contributed by atoms with van der Waals surface area (Å²) in [5.74, 6) is -0.454. The highest BCUT2D eigenvalue weighted by atomic mass is 127. The fourth-order valence-corrected chi connectivity index (χ4v) is 2.48. The number of halogens is 1. The topological polar surface area (TPSA) is 43.4 Å². The molecule has 0 aromatic carbocycles. The van der Waals surface area contributed by atoms with Gasteiger partial charge in [-0.05, 0) is 28.7 Å². The molecule has 1 rings (SSSR count). The number of carbonyl (C=O) groups is 2. The Kier molecular flexibility index (Phi) is 3.21. The van der Waals surface area contributed by atoms with Crippen LogP contribution >= 0.6 is 33.9 Å². The van der Waals surface area contributed by atoms with Crippen LogP contribution in [-0.2, 0) is 4.74 Å². The number of hydrogen-bond donors (Lipinski definition) is 0. The van der Waals surface area contributed by atoms with Crippen molar-refractivity contribution in [2.45, 2.75) is 0 Å². The molecule has 0 saturated carbocycles. The molecule has 12 heavy (non-hydrogen) atoms. The lowest BCUT2D eigenvalue weighted by Gasteiger charge is -1.93. The third kappa shape index (κ3) is 1.84. The fraction of sp³-hybridized carbons (Fsp3) is 0.143. The number of rotatable bonds is 2. The van der Waals surface area contributed by atoms with Crippen molar-refractivity contribution in [1.82, 2.24) is 0 Å². The molecule has 5 heteroatoms. The molecule has 0 amide bonds. The molecule has 3 nitrogen and oxygen atoms in total. The summed E-state index contributed by atoms with van der Waals surface area (Å²) in [6.45, 7) is 0. The zero-order valence-electron chi connectivity index (χ0n) is 6.17. The number of ether oxygens (including phenoxy) is 1. The molecule has 1 aromatic rings. The minimum absolute atomic E-state index is 0.372. The van der Waals surface area contributed by atoms with Gasteiger partial charge in [-0.1, -0.05) is 0 Å². The number of hydrogen-bond acceptors (Lipinski definition) is 4. The van der Waals surface area contributed by atoms with E-state index in [9.17, 15) is 9.59 Å². The molecule has 1 heterocycles. The van der Waals surface area contributed by atoms with Gasteiger partial charge < -0.3 is 4.74 Å². The third-order valence-electron chi connectivity index (χ3n) is 1.23. The van der Waals surface area contributed by atoms with Crippen molar-refractivity contribution in [2.75, 3.05) is 7.11 Å². The molecule has 0 unspecified atom stereocenters. The van der Waals surface area contributed by atoms with Crippen LogP contribution < -0.4 is 0 Å². The van der Waals surface area contributed by atoms with E-state index in [-0.39, 0.29) is 0 Å². The Balaban J connectivity index is 3.12. The quantitative estimate of drug-likeness (QED) is 0.476. The Labute approximate surface area is 86.9 Å². The Bertz CT molecular complexity index is 318. The van der Waals surface area contributed by atoms with Crippen molar-refractivity contribution in [3.63, 3.8) is 0 Å². The Hall–Kier alpha value is -0.430. The van der Waals surface area contributed by atoms with E-state index >= 15 is 0 Å². The first-order chi connectivity index (χ1) is 5.69. The lowest BCUT2D eigenvalue weighted by Crippen LogP contribution is -2.00. The lowest BCUT2D eigenvalue weighted by molar-refractivity contribution is 0.0604. The van der Waals surface area contributed by atoms with E-state index in [2.05, 4.69) is 27.3 Å². The molecule has 0 N–H and O–H groups in total. The fourth-order valence-electron chi connectivity index (χ4n) is 0.713. The lowest BCUT2D eigenvalue weighted by atomic mass is 10.3. The Morgan fingerprint density at radius 1 is 1.75 bits per heavy atom. The van der Waals surface area contributed by atoms with Crippen molar-refractivity contribution in [3.05, 3.63) is 19.4 Å². The van der Waals surface area contributed by atoms with Gasteiger partial charge in [-0.15, -0.1) is 11.3 Å². The van der Waals surface area contributed by atoms with Crippen LogP contribution in [0, 0.1) is 2.88 Å². The van der Waals surface area contributed by atoms with Gasteiger partial charge in [0.2, 0.25) is 0 Å². The predicted octanol–water partition coefficient (Wildman–Crippen LogP) is 1.95. The maximum absolute atomic E-state index is 11.0. The molecule has 0 spiro atoms. The van der Waals surface area contributed by atoms with Gasteiger partial charge in [0.1, 0.15) is 4.88 Å². The summed E-state index contributed by atoms with van der Waals surface area (Å²) in [6, 6.07) is 1.66. The van der Waals surface area contributed by atoms with Crippen LogP contribution in [0.2, 0.25) is 0 Å². The van der Waals surface area contributed by atoms with Crippen molar-refractivity contribution >= 4 is 46.2 Å². The highest BCUT2D eigenvalue weighted by Gasteiger charge is 2.14. The van der Waals surface area contributed by atoms with Gasteiger partial charge in [0.05, 0.1) is 9.99 Å². The van der Waals surface area contributed by atoms with E-state index in [1.54, 1.807) is 6.07 Å². The van der Waals surface area contributed by atoms with Crippen LogP contribution in [-0.4, -0.2) is 19.4 Å². The van der Waals surface area contributed by atoms with Gasteiger partial charge >= 0.3 is 5.97 Å². The zero-order chi connectivity index (χ0) is 9.14. The number of aldehydes is 1. The molecule has 0 aliphatic carbocycles. The first-order valence-corrected chi connectivity index (χ1v) is 4.91. The predicted molar refractivity (Wildman–Crippen MR) is 53.8 cm³/mol. The van der Waals surface area contributed by atoms with Crippen LogP contribution in [0.5, 0.6) is 0 Å². The average Bonchev–Trinajstić information content (AvgIpc) is 2.45. The second kappa shape index (κ2) is 3.99. The summed E-state index contributed by atoms with van der Waals surface area (Å²) < 4.78 is 5.40. The Morgan fingerprint density at radius 2 is 2.42 bits per heavy atom. The summed E-state index contributed by atoms with van der Waals surface area (Å²) in [5.41, 5.74) is 0.399. The van der Waals surface area contributed by atoms with Crippen molar-refractivity contribution in [1.29, 1.82) is 0 Å². The van der Waals surface area contributed by atoms with Gasteiger partial charge in [0.15, 0.2) is 6.29 Å². The molecule has 0 fully saturated rings. The number of carbonyl (C=O) groups excluding carboxylic acids is 2. The minimum atomic E-state index is -0.454. The molecule has 0 radical (unpaired) electrons. The van der Waals surface area contributed by atoms with Crippen LogP contribution in [0.25, 0.3) is 0 Å². The van der Waals surface area contributed by atoms with Gasteiger partial charge in [0.25, 0.3) is 0 Å². The van der Waals surface area contributed by atoms with E-state index < -0.39 is 5.97 Å². The Morgan fingerprint density at radius 3 is 2.92 bits per heavy atom. The first-order valence-electron chi connectivity index (χ1n) is 3.02. The van der Waals surface area contributed by atoms with Crippen LogP contribution in [0.15, 0.2) is 6.07 Å². The molecule has 0 atom stereocenters. The molecule has 0 aliphatic heterocycles. The molecule has 0 aliphatic rings. The summed E-state index contributed by atoms with van der Waals surface area (Å²) in [7, 11) is 1.30. The standard InChI is InChI=1S/C7H5IO3S/c1-11-7(10)6-4(3-9)2-5(8)12-6/h2-3H,1H3. The molecule has 0 bridgehead atoms. The number of esters is 1. The van der Waals surface area contributed by atoms with Crippen molar-refractivity contribution < 1.29 is 14.3 Å². The van der Waals surface area contributed by atoms with E-state index in [1.165, 1.54) is 18.4 Å². The maximum atomic E-state index is 11.0. The highest BCUT2D eigenvalue weighted by Crippen LogP contribution is 2.23. The SMILES string of the molecule is COC(=O)c1sc(I)cc1C=O. The van der Waals surface area contributed by atoms with Gasteiger partial charge in [0, 0.05) is 5.56 Å². The van der Waals surface area contributed by atoms with Crippen molar-refractivity contribution in [3.8, 4) is 0 Å². The van der Waals surface area contributed by atoms with E-state index in [0.717, 1.165) is 2.88 Å². The minimum Gasteiger partial charge on any atom is -0.465 e. The van der Waals surface area contributed by atoms with E-state index in [0.29, 0.717) is 16.7 Å². The number of methoxy groups -OCH3 is 1. The van der Waals surface area contributed by atoms with Crippen LogP contribution in [0.1, 0.15) is 20.0 Å². The average molecular weight is 296 g/mol. The monoisotopic (exact) mass is 296 g/mol. The highest BCUT2D eigenvalue weighted by molar-refractivity contribution is 14.1. The summed E-state index contributed by atoms with van der Waals surface area (Å²) in [5, 5.41) is 0. The molecule has 64 valence electrons. The molecular weight excluding hydrogens is 291 g/mol. The summed E-state index contributed by atoms with van der Waals surface area (Å²) in [4.78, 5) is 21.9. The van der Waals surface area contributed by atoms with Gasteiger partial charge in [-0.2, -0.15) is 0 Å². The second-order valence-electron chi connectivity index (χ2n) is 1.94. The molecule has 0 saturated heterocycles. The van der Waals surface area contributed by atoms with Crippen LogP contribution in [0.4, 0.5) is 0 Å². The summed E-state index contributed by atoms with van der Waals surface area (Å²) in [6.07, 6.45) is 0.658. The maximum Gasteiger partial charge on any atom is 0.348 e. The van der Waals surface area contributed by atoms with E-state index in [4.69, 9.17) is 0 Å². The number of thiophene rings is 1. The largest absolute Gasteiger partial charge is 0.465 e. The zero-order valence-corrected chi connectivity index (χ0v) is 9.14. The third-order valence-corrected chi connectivity index (χ3v) is 3.12. The van der Waals surface area contributed by atoms with Gasteiger partial charge in [-0.25, -0.2) is 4.79 Å². The smallest absolute Gasteiger partial charge is 0.348 e.